The molecular formula is C22H26ClN3O3. The van der Waals surface area contributed by atoms with Gasteiger partial charge in [-0.05, 0) is 49.7 Å². The number of nitrogens with one attached hydrogen (secondary N) is 1. The molecule has 29 heavy (non-hydrogen) atoms. The summed E-state index contributed by atoms with van der Waals surface area (Å²) in [4.78, 5) is 28.5. The average molecular weight is 416 g/mol. The summed E-state index contributed by atoms with van der Waals surface area (Å²) >= 11 is 5.99. The van der Waals surface area contributed by atoms with Crippen LogP contribution < -0.4 is 5.32 Å². The molecule has 2 amide bonds. The number of carbonyl (C=O) groups excluding carboxylic acids is 2. The van der Waals surface area contributed by atoms with Crippen LogP contribution in [0.3, 0.4) is 0 Å². The zero-order valence-corrected chi connectivity index (χ0v) is 17.6. The Morgan fingerprint density at radius 1 is 1.10 bits per heavy atom. The number of benzene rings is 2. The zero-order chi connectivity index (χ0) is 21.0. The number of rotatable bonds is 4. The second-order valence-electron chi connectivity index (χ2n) is 7.40. The molecule has 0 bridgehead atoms. The number of urea groups is 1. The second-order valence-corrected chi connectivity index (χ2v) is 7.84. The van der Waals surface area contributed by atoms with Crippen LogP contribution in [-0.2, 0) is 11.3 Å². The van der Waals surface area contributed by atoms with Gasteiger partial charge in [0.2, 0.25) is 0 Å². The standard InChI is InChI=1S/C22H26ClN3O3/c1-15-12-25(22(28)24-20-6-4-5-19(23)11-20)13-16(2)26(15)14-17-7-9-18(10-8-17)21(27)29-3/h4-11,15-16H,12-14H2,1-3H3,(H,24,28)/t15-,16+. The zero-order valence-electron chi connectivity index (χ0n) is 16.9. The molecule has 2 aromatic rings. The molecule has 1 heterocycles. The Hall–Kier alpha value is -2.57. The van der Waals surface area contributed by atoms with Crippen molar-refractivity contribution in [3.63, 3.8) is 0 Å². The third-order valence-electron chi connectivity index (χ3n) is 5.20. The van der Waals surface area contributed by atoms with Crippen LogP contribution in [0.5, 0.6) is 0 Å². The third-order valence-corrected chi connectivity index (χ3v) is 5.44. The fourth-order valence-corrected chi connectivity index (χ4v) is 3.87. The quantitative estimate of drug-likeness (QED) is 0.758. The van der Waals surface area contributed by atoms with Crippen LogP contribution in [0.25, 0.3) is 0 Å². The van der Waals surface area contributed by atoms with Crippen molar-refractivity contribution < 1.29 is 14.3 Å². The minimum atomic E-state index is -0.336. The molecule has 3 rings (SSSR count). The van der Waals surface area contributed by atoms with Crippen LogP contribution in [0, 0.1) is 0 Å². The number of hydrogen-bond acceptors (Lipinski definition) is 4. The molecule has 154 valence electrons. The molecule has 1 aliphatic heterocycles. The first-order chi connectivity index (χ1) is 13.9. The van der Waals surface area contributed by atoms with Crippen LogP contribution in [0.1, 0.15) is 29.8 Å². The molecule has 6 nitrogen and oxygen atoms in total. The summed E-state index contributed by atoms with van der Waals surface area (Å²) < 4.78 is 4.74. The van der Waals surface area contributed by atoms with Crippen molar-refractivity contribution in [1.29, 1.82) is 0 Å². The molecule has 0 saturated carbocycles. The largest absolute Gasteiger partial charge is 0.465 e. The van der Waals surface area contributed by atoms with Crippen molar-refractivity contribution in [1.82, 2.24) is 9.80 Å². The predicted molar refractivity (Wildman–Crippen MR) is 114 cm³/mol. The predicted octanol–water partition coefficient (Wildman–Crippen LogP) is 4.25. The molecule has 1 N–H and O–H groups in total. The van der Waals surface area contributed by atoms with Crippen molar-refractivity contribution in [3.8, 4) is 0 Å². The van der Waals surface area contributed by atoms with Gasteiger partial charge in [0.05, 0.1) is 12.7 Å². The van der Waals surface area contributed by atoms with E-state index in [1.165, 1.54) is 7.11 Å². The summed E-state index contributed by atoms with van der Waals surface area (Å²) in [5, 5.41) is 3.51. The van der Waals surface area contributed by atoms with E-state index in [2.05, 4.69) is 24.1 Å². The summed E-state index contributed by atoms with van der Waals surface area (Å²) in [6, 6.07) is 14.9. The monoisotopic (exact) mass is 415 g/mol. The van der Waals surface area contributed by atoms with Crippen molar-refractivity contribution >= 4 is 29.3 Å². The SMILES string of the molecule is COC(=O)c1ccc(CN2[C@H](C)CN(C(=O)Nc3cccc(Cl)c3)C[C@@H]2C)cc1. The lowest BCUT2D eigenvalue weighted by Gasteiger charge is -2.44. The maximum Gasteiger partial charge on any atom is 0.337 e. The number of esters is 1. The molecule has 0 aliphatic carbocycles. The Bertz CT molecular complexity index is 860. The highest BCUT2D eigenvalue weighted by atomic mass is 35.5. The molecule has 1 saturated heterocycles. The molecule has 2 atom stereocenters. The highest BCUT2D eigenvalue weighted by Crippen LogP contribution is 2.21. The van der Waals surface area contributed by atoms with E-state index >= 15 is 0 Å². The first-order valence-corrected chi connectivity index (χ1v) is 9.99. The minimum Gasteiger partial charge on any atom is -0.465 e. The molecule has 0 spiro atoms. The molecule has 1 fully saturated rings. The molecule has 7 heteroatoms. The minimum absolute atomic E-state index is 0.118. The van der Waals surface area contributed by atoms with E-state index < -0.39 is 0 Å². The van der Waals surface area contributed by atoms with E-state index in [9.17, 15) is 9.59 Å². The molecule has 2 aromatic carbocycles. The van der Waals surface area contributed by atoms with Gasteiger partial charge in [0.1, 0.15) is 0 Å². The van der Waals surface area contributed by atoms with E-state index in [0.717, 1.165) is 12.1 Å². The van der Waals surface area contributed by atoms with Crippen molar-refractivity contribution in [2.75, 3.05) is 25.5 Å². The van der Waals surface area contributed by atoms with Gasteiger partial charge in [0.15, 0.2) is 0 Å². The number of nitrogens with zero attached hydrogens (tertiary/aromatic N) is 2. The Morgan fingerprint density at radius 2 is 1.76 bits per heavy atom. The number of anilines is 1. The van der Waals surface area contributed by atoms with E-state index in [4.69, 9.17) is 16.3 Å². The first kappa shape index (κ1) is 21.1. The van der Waals surface area contributed by atoms with E-state index in [-0.39, 0.29) is 24.1 Å². The summed E-state index contributed by atoms with van der Waals surface area (Å²) in [6.07, 6.45) is 0. The molecule has 1 aliphatic rings. The van der Waals surface area contributed by atoms with Crippen LogP contribution >= 0.6 is 11.6 Å². The van der Waals surface area contributed by atoms with Crippen LogP contribution in [0.2, 0.25) is 5.02 Å². The number of carbonyl (C=O) groups is 2. The number of methoxy groups -OCH3 is 1. The number of amides is 2. The Balaban J connectivity index is 1.60. The van der Waals surface area contributed by atoms with Gasteiger partial charge in [-0.1, -0.05) is 29.8 Å². The highest BCUT2D eigenvalue weighted by molar-refractivity contribution is 6.30. The van der Waals surface area contributed by atoms with Gasteiger partial charge in [-0.2, -0.15) is 0 Å². The van der Waals surface area contributed by atoms with Gasteiger partial charge in [-0.25, -0.2) is 9.59 Å². The Kier molecular flexibility index (Phi) is 6.77. The lowest BCUT2D eigenvalue weighted by Crippen LogP contribution is -2.58. The number of hydrogen-bond donors (Lipinski definition) is 1. The second kappa shape index (κ2) is 9.29. The maximum atomic E-state index is 12.7. The summed E-state index contributed by atoms with van der Waals surface area (Å²) in [5.41, 5.74) is 2.35. The van der Waals surface area contributed by atoms with E-state index in [0.29, 0.717) is 29.4 Å². The van der Waals surface area contributed by atoms with Crippen molar-refractivity contribution in [3.05, 3.63) is 64.7 Å². The molecular weight excluding hydrogens is 390 g/mol. The van der Waals surface area contributed by atoms with Gasteiger partial charge in [-0.15, -0.1) is 0 Å². The van der Waals surface area contributed by atoms with Crippen molar-refractivity contribution in [2.45, 2.75) is 32.5 Å². The van der Waals surface area contributed by atoms with Gasteiger partial charge < -0.3 is 15.0 Å². The van der Waals surface area contributed by atoms with E-state index in [1.54, 1.807) is 24.3 Å². The average Bonchev–Trinajstić information content (AvgIpc) is 2.70. The molecule has 0 unspecified atom stereocenters. The third kappa shape index (κ3) is 5.28. The normalized spacial score (nSPS) is 19.7. The fourth-order valence-electron chi connectivity index (χ4n) is 3.68. The number of halogens is 1. The van der Waals surface area contributed by atoms with Gasteiger partial charge >= 0.3 is 12.0 Å². The van der Waals surface area contributed by atoms with Gasteiger partial charge in [0.25, 0.3) is 0 Å². The lowest BCUT2D eigenvalue weighted by molar-refractivity contribution is 0.0525. The first-order valence-electron chi connectivity index (χ1n) is 9.62. The summed E-state index contributed by atoms with van der Waals surface area (Å²) in [5.74, 6) is -0.336. The topological polar surface area (TPSA) is 61.9 Å². The lowest BCUT2D eigenvalue weighted by atomic mass is 10.1. The number of ether oxygens (including phenoxy) is 1. The van der Waals surface area contributed by atoms with E-state index in [1.807, 2.05) is 29.2 Å². The maximum absolute atomic E-state index is 12.7. The smallest absolute Gasteiger partial charge is 0.337 e. The fraction of sp³-hybridized carbons (Fsp3) is 0.364. The van der Waals surface area contributed by atoms with Gasteiger partial charge in [0, 0.05) is 42.4 Å². The van der Waals surface area contributed by atoms with Crippen LogP contribution in [0.4, 0.5) is 10.5 Å². The Labute approximate surface area is 176 Å². The van der Waals surface area contributed by atoms with Crippen LogP contribution in [-0.4, -0.2) is 54.1 Å². The molecule has 0 aromatic heterocycles. The van der Waals surface area contributed by atoms with Gasteiger partial charge in [-0.3, -0.25) is 4.90 Å². The van der Waals surface area contributed by atoms with Crippen molar-refractivity contribution in [2.24, 2.45) is 0 Å². The summed E-state index contributed by atoms with van der Waals surface area (Å²) in [6.45, 7) is 6.28. The highest BCUT2D eigenvalue weighted by Gasteiger charge is 2.31. The Morgan fingerprint density at radius 3 is 2.34 bits per heavy atom. The molecule has 0 radical (unpaired) electrons. The summed E-state index contributed by atoms with van der Waals surface area (Å²) in [7, 11) is 1.38. The van der Waals surface area contributed by atoms with Crippen LogP contribution in [0.15, 0.2) is 48.5 Å². The number of piperazine rings is 1.